The van der Waals surface area contributed by atoms with Crippen molar-refractivity contribution in [2.75, 3.05) is 11.9 Å². The summed E-state index contributed by atoms with van der Waals surface area (Å²) in [7, 11) is 0. The van der Waals surface area contributed by atoms with E-state index in [0.717, 1.165) is 17.7 Å². The molecule has 0 heterocycles. The van der Waals surface area contributed by atoms with Crippen LogP contribution in [0.2, 0.25) is 0 Å². The number of halogens is 1. The van der Waals surface area contributed by atoms with Crippen molar-refractivity contribution in [2.24, 2.45) is 0 Å². The van der Waals surface area contributed by atoms with E-state index in [1.54, 1.807) is 0 Å². The van der Waals surface area contributed by atoms with E-state index >= 15 is 0 Å². The van der Waals surface area contributed by atoms with Gasteiger partial charge in [0.1, 0.15) is 12.4 Å². The van der Waals surface area contributed by atoms with Gasteiger partial charge in [0.2, 0.25) is 0 Å². The third kappa shape index (κ3) is 4.06. The SMILES string of the molecule is C=CCc1ccccc1OCC(O)CBr. The van der Waals surface area contributed by atoms with E-state index in [-0.39, 0.29) is 0 Å². The Hall–Kier alpha value is -0.800. The van der Waals surface area contributed by atoms with Crippen molar-refractivity contribution in [3.63, 3.8) is 0 Å². The summed E-state index contributed by atoms with van der Waals surface area (Å²) in [6.07, 6.45) is 2.14. The van der Waals surface area contributed by atoms with E-state index in [2.05, 4.69) is 22.5 Å². The molecule has 0 aliphatic carbocycles. The highest BCUT2D eigenvalue weighted by Gasteiger charge is 2.05. The quantitative estimate of drug-likeness (QED) is 0.636. The molecule has 0 bridgehead atoms. The minimum absolute atomic E-state index is 0.305. The average molecular weight is 271 g/mol. The predicted molar refractivity (Wildman–Crippen MR) is 65.6 cm³/mol. The Balaban J connectivity index is 2.62. The van der Waals surface area contributed by atoms with Crippen LogP contribution in [0.15, 0.2) is 36.9 Å². The standard InChI is InChI=1S/C12H15BrO2/c1-2-5-10-6-3-4-7-12(10)15-9-11(14)8-13/h2-4,6-7,11,14H,1,5,8-9H2. The topological polar surface area (TPSA) is 29.5 Å². The molecule has 15 heavy (non-hydrogen) atoms. The lowest BCUT2D eigenvalue weighted by atomic mass is 10.1. The van der Waals surface area contributed by atoms with E-state index in [0.29, 0.717) is 11.9 Å². The monoisotopic (exact) mass is 270 g/mol. The van der Waals surface area contributed by atoms with Gasteiger partial charge in [-0.05, 0) is 18.1 Å². The Labute approximate surface area is 98.7 Å². The molecular formula is C12H15BrO2. The van der Waals surface area contributed by atoms with Crippen LogP contribution in [0, 0.1) is 0 Å². The van der Waals surface area contributed by atoms with E-state index in [9.17, 15) is 5.11 Å². The van der Waals surface area contributed by atoms with E-state index in [4.69, 9.17) is 4.74 Å². The molecule has 1 aromatic rings. The second-order valence-corrected chi connectivity index (χ2v) is 3.87. The number of hydrogen-bond acceptors (Lipinski definition) is 2. The molecule has 1 aromatic carbocycles. The van der Waals surface area contributed by atoms with Gasteiger partial charge in [0.25, 0.3) is 0 Å². The number of rotatable bonds is 6. The third-order valence-corrected chi connectivity index (χ3v) is 2.69. The normalized spacial score (nSPS) is 12.1. The van der Waals surface area contributed by atoms with Crippen molar-refractivity contribution >= 4 is 15.9 Å². The van der Waals surface area contributed by atoms with Crippen LogP contribution < -0.4 is 4.74 Å². The molecule has 1 atom stereocenters. The van der Waals surface area contributed by atoms with Crippen LogP contribution >= 0.6 is 15.9 Å². The maximum atomic E-state index is 9.35. The molecule has 0 saturated carbocycles. The summed E-state index contributed by atoms with van der Waals surface area (Å²) in [6, 6.07) is 7.78. The second kappa shape index (κ2) is 6.64. The smallest absolute Gasteiger partial charge is 0.122 e. The lowest BCUT2D eigenvalue weighted by Gasteiger charge is -2.12. The van der Waals surface area contributed by atoms with E-state index in [1.807, 2.05) is 30.3 Å². The Morgan fingerprint density at radius 3 is 2.87 bits per heavy atom. The minimum Gasteiger partial charge on any atom is -0.491 e. The van der Waals surface area contributed by atoms with Gasteiger partial charge in [-0.25, -0.2) is 0 Å². The van der Waals surface area contributed by atoms with Gasteiger partial charge in [-0.2, -0.15) is 0 Å². The van der Waals surface area contributed by atoms with Crippen LogP contribution in [0.1, 0.15) is 5.56 Å². The summed E-state index contributed by atoms with van der Waals surface area (Å²) < 4.78 is 5.51. The fraction of sp³-hybridized carbons (Fsp3) is 0.333. The molecule has 1 unspecified atom stereocenters. The van der Waals surface area contributed by atoms with Crippen LogP contribution in [0.25, 0.3) is 0 Å². The van der Waals surface area contributed by atoms with E-state index in [1.165, 1.54) is 0 Å². The Bertz CT molecular complexity index is 312. The maximum absolute atomic E-state index is 9.35. The molecule has 3 heteroatoms. The zero-order valence-corrected chi connectivity index (χ0v) is 10.1. The predicted octanol–water partition coefficient (Wildman–Crippen LogP) is 2.55. The number of para-hydroxylation sites is 1. The molecule has 0 aliphatic rings. The zero-order chi connectivity index (χ0) is 11.1. The van der Waals surface area contributed by atoms with Gasteiger partial charge in [0.05, 0.1) is 6.10 Å². The molecule has 0 amide bonds. The van der Waals surface area contributed by atoms with Crippen molar-refractivity contribution in [3.05, 3.63) is 42.5 Å². The van der Waals surface area contributed by atoms with Gasteiger partial charge in [-0.3, -0.25) is 0 Å². The van der Waals surface area contributed by atoms with Gasteiger partial charge in [0, 0.05) is 5.33 Å². The van der Waals surface area contributed by atoms with Crippen molar-refractivity contribution < 1.29 is 9.84 Å². The number of benzene rings is 1. The summed E-state index contributed by atoms with van der Waals surface area (Å²) in [4.78, 5) is 0. The van der Waals surface area contributed by atoms with Gasteiger partial charge in [-0.1, -0.05) is 40.2 Å². The number of aliphatic hydroxyl groups is 1. The first-order valence-electron chi connectivity index (χ1n) is 4.83. The highest BCUT2D eigenvalue weighted by Crippen LogP contribution is 2.18. The molecule has 0 aromatic heterocycles. The van der Waals surface area contributed by atoms with Crippen LogP contribution in [-0.4, -0.2) is 23.1 Å². The molecule has 0 fully saturated rings. The average Bonchev–Trinajstić information content (AvgIpc) is 2.28. The molecule has 1 rings (SSSR count). The number of hydrogen-bond donors (Lipinski definition) is 1. The molecular weight excluding hydrogens is 256 g/mol. The Kier molecular flexibility index (Phi) is 5.43. The van der Waals surface area contributed by atoms with Crippen LogP contribution in [0.4, 0.5) is 0 Å². The Morgan fingerprint density at radius 2 is 2.20 bits per heavy atom. The molecule has 0 spiro atoms. The van der Waals surface area contributed by atoms with Crippen molar-refractivity contribution in [3.8, 4) is 5.75 Å². The van der Waals surface area contributed by atoms with Crippen molar-refractivity contribution in [2.45, 2.75) is 12.5 Å². The number of ether oxygens (including phenoxy) is 1. The van der Waals surface area contributed by atoms with Crippen LogP contribution in [0.5, 0.6) is 5.75 Å². The summed E-state index contributed by atoms with van der Waals surface area (Å²) in [5.41, 5.74) is 1.09. The van der Waals surface area contributed by atoms with Crippen LogP contribution in [0.3, 0.4) is 0 Å². The van der Waals surface area contributed by atoms with Gasteiger partial charge in [-0.15, -0.1) is 6.58 Å². The van der Waals surface area contributed by atoms with Crippen LogP contribution in [-0.2, 0) is 6.42 Å². The molecule has 0 radical (unpaired) electrons. The summed E-state index contributed by atoms with van der Waals surface area (Å²) >= 11 is 3.19. The van der Waals surface area contributed by atoms with Gasteiger partial charge in [0.15, 0.2) is 0 Å². The lowest BCUT2D eigenvalue weighted by Crippen LogP contribution is -2.19. The summed E-state index contributed by atoms with van der Waals surface area (Å²) in [6.45, 7) is 4.00. The molecule has 0 aliphatic heterocycles. The Morgan fingerprint density at radius 1 is 1.47 bits per heavy atom. The largest absolute Gasteiger partial charge is 0.491 e. The number of aliphatic hydroxyl groups excluding tert-OH is 1. The fourth-order valence-corrected chi connectivity index (χ4v) is 1.39. The van der Waals surface area contributed by atoms with Gasteiger partial charge < -0.3 is 9.84 Å². The first kappa shape index (κ1) is 12.3. The second-order valence-electron chi connectivity index (χ2n) is 3.22. The first-order valence-corrected chi connectivity index (χ1v) is 5.95. The molecule has 2 nitrogen and oxygen atoms in total. The number of alkyl halides is 1. The van der Waals surface area contributed by atoms with E-state index < -0.39 is 6.10 Å². The molecule has 1 N–H and O–H groups in total. The van der Waals surface area contributed by atoms with Gasteiger partial charge >= 0.3 is 0 Å². The summed E-state index contributed by atoms with van der Waals surface area (Å²) in [5.74, 6) is 0.817. The first-order chi connectivity index (χ1) is 7.27. The summed E-state index contributed by atoms with van der Waals surface area (Å²) in [5, 5.41) is 9.87. The van der Waals surface area contributed by atoms with Crippen molar-refractivity contribution in [1.29, 1.82) is 0 Å². The molecule has 82 valence electrons. The highest BCUT2D eigenvalue weighted by molar-refractivity contribution is 9.09. The third-order valence-electron chi connectivity index (χ3n) is 1.95. The zero-order valence-electron chi connectivity index (χ0n) is 8.53. The highest BCUT2D eigenvalue weighted by atomic mass is 79.9. The minimum atomic E-state index is -0.471. The lowest BCUT2D eigenvalue weighted by molar-refractivity contribution is 0.127. The molecule has 0 saturated heterocycles. The van der Waals surface area contributed by atoms with Crippen molar-refractivity contribution in [1.82, 2.24) is 0 Å². The fourth-order valence-electron chi connectivity index (χ4n) is 1.20. The maximum Gasteiger partial charge on any atom is 0.122 e. The number of allylic oxidation sites excluding steroid dienone is 1.